The van der Waals surface area contributed by atoms with Gasteiger partial charge in [-0.25, -0.2) is 0 Å². The Kier molecular flexibility index (Phi) is 8.97. The number of benzene rings is 4. The molecule has 4 aromatic rings. The zero-order chi connectivity index (χ0) is 24.5. The van der Waals surface area contributed by atoms with Gasteiger partial charge in [0.25, 0.3) is 0 Å². The highest BCUT2D eigenvalue weighted by molar-refractivity contribution is 7.73. The summed E-state index contributed by atoms with van der Waals surface area (Å²) >= 11 is 0. The Morgan fingerprint density at radius 1 is 0.444 bits per heavy atom. The Hall–Kier alpha value is -2.34. The molecule has 4 heteroatoms. The first-order valence-corrected chi connectivity index (χ1v) is 16.1. The summed E-state index contributed by atoms with van der Waals surface area (Å²) in [6.07, 6.45) is 8.25. The van der Waals surface area contributed by atoms with Crippen molar-refractivity contribution in [2.75, 3.05) is 12.6 Å². The summed E-state index contributed by atoms with van der Waals surface area (Å²) in [6.45, 7) is 0. The molecule has 0 aliphatic heterocycles. The topological polar surface area (TPSA) is 24.1 Å². The van der Waals surface area contributed by atoms with E-state index in [1.807, 2.05) is 0 Å². The molecule has 1 aliphatic rings. The van der Waals surface area contributed by atoms with Crippen LogP contribution in [-0.2, 0) is 0 Å². The quantitative estimate of drug-likeness (QED) is 0.202. The molecular weight excluding hydrogens is 474 g/mol. The maximum absolute atomic E-state index is 4.12. The van der Waals surface area contributed by atoms with Crippen molar-refractivity contribution in [3.8, 4) is 0 Å². The van der Waals surface area contributed by atoms with Gasteiger partial charge in [0.2, 0.25) is 0 Å². The largest absolute Gasteiger partial charge is 0.295 e. The van der Waals surface area contributed by atoms with Crippen LogP contribution in [0.2, 0.25) is 0 Å². The normalized spacial score (nSPS) is 15.3. The van der Waals surface area contributed by atoms with E-state index in [-0.39, 0.29) is 5.66 Å². The molecule has 0 aromatic heterocycles. The Bertz CT molecular complexity index is 996. The molecule has 2 N–H and O–H groups in total. The Morgan fingerprint density at radius 2 is 0.750 bits per heavy atom. The van der Waals surface area contributed by atoms with Crippen LogP contribution in [0.1, 0.15) is 32.1 Å². The van der Waals surface area contributed by atoms with E-state index in [0.29, 0.717) is 0 Å². The van der Waals surface area contributed by atoms with Crippen LogP contribution >= 0.6 is 15.8 Å². The van der Waals surface area contributed by atoms with E-state index in [1.54, 1.807) is 0 Å². The number of hydrogen-bond acceptors (Lipinski definition) is 2. The zero-order valence-electron chi connectivity index (χ0n) is 20.9. The van der Waals surface area contributed by atoms with Crippen LogP contribution in [0.5, 0.6) is 0 Å². The highest BCUT2D eigenvalue weighted by Gasteiger charge is 2.33. The van der Waals surface area contributed by atoms with E-state index < -0.39 is 15.8 Å². The van der Waals surface area contributed by atoms with Crippen molar-refractivity contribution < 1.29 is 0 Å². The second kappa shape index (κ2) is 12.8. The van der Waals surface area contributed by atoms with Gasteiger partial charge in [-0.1, -0.05) is 141 Å². The molecule has 1 aliphatic carbocycles. The maximum Gasteiger partial charge on any atom is 0.0693 e. The van der Waals surface area contributed by atoms with Crippen molar-refractivity contribution in [3.63, 3.8) is 0 Å². The Morgan fingerprint density at radius 3 is 1.06 bits per heavy atom. The van der Waals surface area contributed by atoms with Crippen LogP contribution < -0.4 is 31.9 Å². The van der Waals surface area contributed by atoms with Gasteiger partial charge in [0.05, 0.1) is 5.66 Å². The van der Waals surface area contributed by atoms with Crippen LogP contribution in [0.15, 0.2) is 121 Å². The first-order valence-electron chi connectivity index (χ1n) is 13.1. The fourth-order valence-electron chi connectivity index (χ4n) is 5.13. The molecule has 0 unspecified atom stereocenters. The second-order valence-corrected chi connectivity index (χ2v) is 13.9. The van der Waals surface area contributed by atoms with Crippen molar-refractivity contribution in [1.82, 2.24) is 10.6 Å². The lowest BCUT2D eigenvalue weighted by Crippen LogP contribution is -2.58. The Labute approximate surface area is 219 Å². The molecule has 4 aromatic carbocycles. The van der Waals surface area contributed by atoms with Crippen molar-refractivity contribution >= 4 is 37.1 Å². The van der Waals surface area contributed by atoms with Gasteiger partial charge in [-0.3, -0.25) is 10.6 Å². The summed E-state index contributed by atoms with van der Waals surface area (Å²) in [5.74, 6) is 0. The molecule has 0 spiro atoms. The molecular formula is C32H36N2P2. The molecule has 0 atom stereocenters. The van der Waals surface area contributed by atoms with Crippen LogP contribution in [0.25, 0.3) is 0 Å². The highest BCUT2D eigenvalue weighted by Crippen LogP contribution is 2.37. The molecule has 1 saturated carbocycles. The molecule has 184 valence electrons. The molecule has 0 heterocycles. The minimum Gasteiger partial charge on any atom is -0.295 e. The van der Waals surface area contributed by atoms with Gasteiger partial charge in [0.15, 0.2) is 0 Å². The SMILES string of the molecule is c1ccc(P(CNC2(NCP(c3ccccc3)c3ccccc3)CCCCC2)c2ccccc2)cc1. The van der Waals surface area contributed by atoms with E-state index in [0.717, 1.165) is 12.6 Å². The molecule has 0 amide bonds. The van der Waals surface area contributed by atoms with Gasteiger partial charge in [-0.15, -0.1) is 0 Å². The van der Waals surface area contributed by atoms with E-state index in [1.165, 1.54) is 53.3 Å². The zero-order valence-corrected chi connectivity index (χ0v) is 22.7. The summed E-state index contributed by atoms with van der Waals surface area (Å²) in [5, 5.41) is 14.0. The smallest absolute Gasteiger partial charge is 0.0693 e. The fourth-order valence-corrected chi connectivity index (χ4v) is 9.50. The van der Waals surface area contributed by atoms with Gasteiger partial charge in [-0.2, -0.15) is 0 Å². The first kappa shape index (κ1) is 25.3. The third-order valence-electron chi connectivity index (χ3n) is 7.13. The van der Waals surface area contributed by atoms with Gasteiger partial charge in [0, 0.05) is 12.6 Å². The fraction of sp³-hybridized carbons (Fsp3) is 0.250. The molecule has 5 rings (SSSR count). The third-order valence-corrected chi connectivity index (χ3v) is 11.8. The average molecular weight is 511 g/mol. The summed E-state index contributed by atoms with van der Waals surface area (Å²) in [4.78, 5) is 0. The molecule has 0 bridgehead atoms. The molecule has 0 radical (unpaired) electrons. The lowest BCUT2D eigenvalue weighted by Gasteiger charge is -2.41. The molecule has 1 fully saturated rings. The first-order chi connectivity index (χ1) is 17.8. The molecule has 36 heavy (non-hydrogen) atoms. The third kappa shape index (κ3) is 6.50. The maximum atomic E-state index is 4.12. The molecule has 0 saturated heterocycles. The monoisotopic (exact) mass is 510 g/mol. The van der Waals surface area contributed by atoms with Crippen LogP contribution in [0, 0.1) is 0 Å². The lowest BCUT2D eigenvalue weighted by atomic mass is 9.89. The van der Waals surface area contributed by atoms with Gasteiger partial charge < -0.3 is 0 Å². The average Bonchev–Trinajstić information content (AvgIpc) is 2.96. The van der Waals surface area contributed by atoms with Crippen LogP contribution in [-0.4, -0.2) is 18.2 Å². The lowest BCUT2D eigenvalue weighted by molar-refractivity contribution is 0.201. The van der Waals surface area contributed by atoms with Crippen molar-refractivity contribution in [1.29, 1.82) is 0 Å². The van der Waals surface area contributed by atoms with Crippen LogP contribution in [0.3, 0.4) is 0 Å². The van der Waals surface area contributed by atoms with Crippen molar-refractivity contribution in [2.24, 2.45) is 0 Å². The standard InChI is InChI=1S/C32H36N2P2/c1-6-16-28(17-7-1)35(29-18-8-2-9-19-29)26-33-32(24-14-5-15-25-32)34-27-36(30-20-10-3-11-21-30)31-22-12-4-13-23-31/h1-4,6-13,16-23,33-34H,5,14-15,24-27H2. The van der Waals surface area contributed by atoms with Crippen molar-refractivity contribution in [3.05, 3.63) is 121 Å². The van der Waals surface area contributed by atoms with Crippen molar-refractivity contribution in [2.45, 2.75) is 37.8 Å². The second-order valence-electron chi connectivity index (χ2n) is 9.51. The minimum absolute atomic E-state index is 0.00740. The summed E-state index contributed by atoms with van der Waals surface area (Å²) in [6, 6.07) is 44.3. The predicted octanol–water partition coefficient (Wildman–Crippen LogP) is 6.01. The summed E-state index contributed by atoms with van der Waals surface area (Å²) < 4.78 is 0. The van der Waals surface area contributed by atoms with Crippen LogP contribution in [0.4, 0.5) is 0 Å². The van der Waals surface area contributed by atoms with Gasteiger partial charge in [0.1, 0.15) is 0 Å². The highest BCUT2D eigenvalue weighted by atomic mass is 31.1. The number of rotatable bonds is 10. The number of nitrogens with one attached hydrogen (secondary N) is 2. The number of hydrogen-bond donors (Lipinski definition) is 2. The van der Waals surface area contributed by atoms with Gasteiger partial charge >= 0.3 is 0 Å². The summed E-state index contributed by atoms with van der Waals surface area (Å²) in [5.41, 5.74) is -0.00740. The van der Waals surface area contributed by atoms with Gasteiger partial charge in [-0.05, 0) is 49.9 Å². The van der Waals surface area contributed by atoms with E-state index in [4.69, 9.17) is 0 Å². The minimum atomic E-state index is -0.467. The predicted molar refractivity (Wildman–Crippen MR) is 160 cm³/mol. The van der Waals surface area contributed by atoms with E-state index in [9.17, 15) is 0 Å². The summed E-state index contributed by atoms with van der Waals surface area (Å²) in [7, 11) is -0.934. The Balaban J connectivity index is 1.37. The van der Waals surface area contributed by atoms with E-state index >= 15 is 0 Å². The van der Waals surface area contributed by atoms with E-state index in [2.05, 4.69) is 132 Å². The molecule has 2 nitrogen and oxygen atoms in total.